The van der Waals surface area contributed by atoms with Crippen molar-refractivity contribution in [3.8, 4) is 11.5 Å². The molecule has 20 heteroatoms. The molecular formula is C43H55F3N4O11S2. The van der Waals surface area contributed by atoms with Crippen LogP contribution in [0, 0.1) is 18.8 Å². The summed E-state index contributed by atoms with van der Waals surface area (Å²) in [7, 11) is -7.45. The quantitative estimate of drug-likeness (QED) is 0.231. The first-order valence-electron chi connectivity index (χ1n) is 21.4. The molecule has 3 aliphatic heterocycles. The standard InChI is InChI=1S/C43H55F3N4O11S2/c1-26-35-30(31-22-29(59-43(44,45)46)13-14-32(31)47-26)15-16-41(61-35)24-33-36(52)48-42(38(54)49-63(57,58)40(4)17-18-40)23-28(42)12-10-8-6-7-9-11-27(37(53)50(33)25-41)21-34(51)60-39(2,3)19-20-62(5,55)56/h10,12-14,22,27-28,33H,6-9,11,15-21,23-25H2,1-5H3,(H,48,52)(H,49,54)/b12-10-/t27-,28-,33+,41-,42-/m1/s1. The number of alkyl halides is 3. The third-order valence-electron chi connectivity index (χ3n) is 13.2. The normalized spacial score (nSPS) is 28.0. The molecule has 2 aromatic rings. The molecule has 0 radical (unpaired) electrons. The van der Waals surface area contributed by atoms with Crippen molar-refractivity contribution in [3.63, 3.8) is 0 Å². The molecule has 346 valence electrons. The van der Waals surface area contributed by atoms with Crippen LogP contribution in [-0.4, -0.2) is 103 Å². The molecule has 2 N–H and O–H groups in total. The Morgan fingerprint density at radius 3 is 2.48 bits per heavy atom. The Bertz CT molecular complexity index is 2460. The van der Waals surface area contributed by atoms with Gasteiger partial charge in [-0.3, -0.25) is 23.9 Å². The summed E-state index contributed by atoms with van der Waals surface area (Å²) in [5, 5.41) is 3.24. The zero-order valence-corrected chi connectivity index (χ0v) is 37.7. The number of fused-ring (bicyclic) bond motifs is 5. The van der Waals surface area contributed by atoms with Gasteiger partial charge in [-0.25, -0.2) is 21.8 Å². The van der Waals surface area contributed by atoms with Crippen LogP contribution in [0.15, 0.2) is 30.4 Å². The van der Waals surface area contributed by atoms with E-state index in [-0.39, 0.29) is 63.0 Å². The van der Waals surface area contributed by atoms with E-state index in [1.807, 2.05) is 6.08 Å². The van der Waals surface area contributed by atoms with Gasteiger partial charge in [-0.1, -0.05) is 25.0 Å². The van der Waals surface area contributed by atoms with Gasteiger partial charge in [0.15, 0.2) is 0 Å². The van der Waals surface area contributed by atoms with Crippen molar-refractivity contribution in [2.45, 2.75) is 145 Å². The largest absolute Gasteiger partial charge is 0.573 e. The number of nitrogens with zero attached hydrogens (tertiary/aromatic N) is 2. The summed E-state index contributed by atoms with van der Waals surface area (Å²) in [5.74, 6) is -4.76. The first kappa shape index (κ1) is 46.5. The second-order valence-electron chi connectivity index (χ2n) is 18.9. The Balaban J connectivity index is 1.22. The molecule has 7 rings (SSSR count). The van der Waals surface area contributed by atoms with Gasteiger partial charge in [0.25, 0.3) is 5.91 Å². The Hall–Kier alpha value is -4.46. The van der Waals surface area contributed by atoms with Crippen LogP contribution < -0.4 is 19.5 Å². The van der Waals surface area contributed by atoms with Crippen LogP contribution in [0.3, 0.4) is 0 Å². The maximum Gasteiger partial charge on any atom is 0.573 e. The molecule has 1 aromatic heterocycles. The van der Waals surface area contributed by atoms with E-state index in [4.69, 9.17) is 9.47 Å². The second-order valence-corrected chi connectivity index (χ2v) is 23.4. The third-order valence-corrected chi connectivity index (χ3v) is 16.3. The lowest BCUT2D eigenvalue weighted by Gasteiger charge is -2.36. The van der Waals surface area contributed by atoms with Gasteiger partial charge in [0.1, 0.15) is 44.1 Å². The zero-order valence-electron chi connectivity index (χ0n) is 36.1. The van der Waals surface area contributed by atoms with Gasteiger partial charge in [0, 0.05) is 41.9 Å². The summed E-state index contributed by atoms with van der Waals surface area (Å²) in [5.41, 5.74) is -2.62. The Kier molecular flexibility index (Phi) is 12.2. The summed E-state index contributed by atoms with van der Waals surface area (Å²) in [4.78, 5) is 63.3. The van der Waals surface area contributed by atoms with Crippen molar-refractivity contribution in [3.05, 3.63) is 41.6 Å². The van der Waals surface area contributed by atoms with E-state index in [9.17, 15) is 49.2 Å². The molecule has 63 heavy (non-hydrogen) atoms. The van der Waals surface area contributed by atoms with E-state index in [0.717, 1.165) is 6.26 Å². The fraction of sp³-hybridized carbons (Fsp3) is 0.651. The van der Waals surface area contributed by atoms with Crippen LogP contribution >= 0.6 is 0 Å². The molecule has 5 aliphatic rings. The summed E-state index contributed by atoms with van der Waals surface area (Å²) < 4.78 is 108. The smallest absolute Gasteiger partial charge is 0.483 e. The highest BCUT2D eigenvalue weighted by Crippen LogP contribution is 2.49. The number of benzene rings is 1. The molecule has 5 atom stereocenters. The highest BCUT2D eigenvalue weighted by atomic mass is 32.2. The number of aromatic nitrogens is 1. The summed E-state index contributed by atoms with van der Waals surface area (Å²) >= 11 is 0. The molecular weight excluding hydrogens is 870 g/mol. The second kappa shape index (κ2) is 16.5. The predicted octanol–water partition coefficient (Wildman–Crippen LogP) is 5.26. The number of carbonyl (C=O) groups is 4. The summed E-state index contributed by atoms with van der Waals surface area (Å²) in [6.07, 6.45) is 3.57. The average Bonchev–Trinajstić information content (AvgIpc) is 4.06. The number of ether oxygens (including phenoxy) is 3. The van der Waals surface area contributed by atoms with Crippen LogP contribution in [0.2, 0.25) is 0 Å². The minimum absolute atomic E-state index is 0.0243. The molecule has 15 nitrogen and oxygen atoms in total. The van der Waals surface area contributed by atoms with Gasteiger partial charge in [-0.05, 0) is 97.3 Å². The molecule has 1 spiro atoms. The van der Waals surface area contributed by atoms with E-state index in [1.54, 1.807) is 33.8 Å². The number of amides is 3. The first-order chi connectivity index (χ1) is 29.2. The van der Waals surface area contributed by atoms with Gasteiger partial charge in [0.05, 0.1) is 34.7 Å². The van der Waals surface area contributed by atoms with Gasteiger partial charge < -0.3 is 24.4 Å². The van der Waals surface area contributed by atoms with Crippen LogP contribution in [0.4, 0.5) is 13.2 Å². The number of allylic oxidation sites excluding steroid dienone is 1. The number of carbonyl (C=O) groups excluding carboxylic acids is 4. The van der Waals surface area contributed by atoms with E-state index in [0.29, 0.717) is 60.7 Å². The van der Waals surface area contributed by atoms with Crippen molar-refractivity contribution in [1.82, 2.24) is 19.9 Å². The maximum absolute atomic E-state index is 15.0. The Labute approximate surface area is 365 Å². The van der Waals surface area contributed by atoms with Crippen molar-refractivity contribution < 1.29 is 63.4 Å². The number of hydrogen-bond acceptors (Lipinski definition) is 12. The number of pyridine rings is 1. The van der Waals surface area contributed by atoms with Gasteiger partial charge in [-0.2, -0.15) is 0 Å². The number of sulfone groups is 1. The van der Waals surface area contributed by atoms with Crippen LogP contribution in [0.5, 0.6) is 11.5 Å². The number of nitrogens with one attached hydrogen (secondary N) is 2. The van der Waals surface area contributed by atoms with E-state index < -0.39 is 95.0 Å². The molecule has 3 amide bonds. The molecule has 0 unspecified atom stereocenters. The van der Waals surface area contributed by atoms with Crippen LogP contribution in [0.1, 0.15) is 109 Å². The number of hydrogen-bond donors (Lipinski definition) is 2. The van der Waals surface area contributed by atoms with Crippen LogP contribution in [-0.2, 0) is 50.2 Å². The minimum Gasteiger partial charge on any atom is -0.483 e. The molecule has 2 aliphatic carbocycles. The van der Waals surface area contributed by atoms with Gasteiger partial charge >= 0.3 is 12.3 Å². The molecule has 1 saturated heterocycles. The Morgan fingerprint density at radius 1 is 1.06 bits per heavy atom. The minimum atomic E-state index is -4.93. The van der Waals surface area contributed by atoms with Gasteiger partial charge in [-0.15, -0.1) is 13.2 Å². The van der Waals surface area contributed by atoms with Crippen molar-refractivity contribution in [2.24, 2.45) is 11.8 Å². The predicted molar refractivity (Wildman–Crippen MR) is 223 cm³/mol. The summed E-state index contributed by atoms with van der Waals surface area (Å²) in [6, 6.07) is 2.57. The maximum atomic E-state index is 15.0. The molecule has 3 fully saturated rings. The number of aryl methyl sites for hydroxylation is 2. The highest BCUT2D eigenvalue weighted by molar-refractivity contribution is 7.91. The lowest BCUT2D eigenvalue weighted by Crippen LogP contribution is -2.57. The number of esters is 1. The number of halogens is 3. The lowest BCUT2D eigenvalue weighted by molar-refractivity contribution is -0.274. The van der Waals surface area contributed by atoms with Crippen molar-refractivity contribution in [1.29, 1.82) is 0 Å². The molecule has 1 aromatic carbocycles. The average molecular weight is 925 g/mol. The molecule has 4 heterocycles. The van der Waals surface area contributed by atoms with Crippen molar-refractivity contribution in [2.75, 3.05) is 18.6 Å². The fourth-order valence-electron chi connectivity index (χ4n) is 9.03. The fourth-order valence-corrected chi connectivity index (χ4v) is 11.2. The highest BCUT2D eigenvalue weighted by Gasteiger charge is 2.64. The van der Waals surface area contributed by atoms with Crippen LogP contribution in [0.25, 0.3) is 10.9 Å². The lowest BCUT2D eigenvalue weighted by atomic mass is 9.87. The van der Waals surface area contributed by atoms with E-state index in [1.165, 1.54) is 23.1 Å². The zero-order chi connectivity index (χ0) is 46.0. The monoisotopic (exact) mass is 924 g/mol. The first-order valence-corrected chi connectivity index (χ1v) is 24.9. The summed E-state index contributed by atoms with van der Waals surface area (Å²) in [6.45, 7) is 6.26. The molecule has 0 bridgehead atoms. The van der Waals surface area contributed by atoms with Crippen molar-refractivity contribution >= 4 is 54.5 Å². The third kappa shape index (κ3) is 10.3. The van der Waals surface area contributed by atoms with Gasteiger partial charge in [0.2, 0.25) is 21.8 Å². The molecule has 2 saturated carbocycles. The van der Waals surface area contributed by atoms with E-state index in [2.05, 4.69) is 19.8 Å². The topological polar surface area (TPSA) is 204 Å². The Morgan fingerprint density at radius 2 is 1.79 bits per heavy atom. The number of sulfonamides is 1. The SMILES string of the molecule is Cc1nc2ccc(OC(F)(F)F)cc2c2c1O[C@]1(CC2)C[C@H]2C(=O)N[C@]3(C(=O)NS(=O)(=O)C4(C)CC4)C[C@H]3/C=C\CCCCC[C@H](CC(=O)OC(C)(C)CCS(C)(=O)=O)C(=O)N2C1. The van der Waals surface area contributed by atoms with E-state index >= 15 is 0 Å². The number of rotatable bonds is 10.